The van der Waals surface area contributed by atoms with Gasteiger partial charge in [-0.15, -0.1) is 11.3 Å². The van der Waals surface area contributed by atoms with Crippen LogP contribution in [-0.4, -0.2) is 90.5 Å². The van der Waals surface area contributed by atoms with Gasteiger partial charge in [0.15, 0.2) is 0 Å². The molecule has 0 bridgehead atoms. The first-order valence-corrected chi connectivity index (χ1v) is 19.3. The van der Waals surface area contributed by atoms with Crippen LogP contribution in [0.1, 0.15) is 34.6 Å². The van der Waals surface area contributed by atoms with Crippen molar-refractivity contribution in [2.24, 2.45) is 0 Å². The van der Waals surface area contributed by atoms with Crippen molar-refractivity contribution in [3.8, 4) is 22.9 Å². The quantitative estimate of drug-likeness (QED) is 0.200. The molecule has 1 aromatic carbocycles. The number of nitrogens with one attached hydrogen (secondary N) is 1. The third-order valence-corrected chi connectivity index (χ3v) is 10.7. The number of pyridine rings is 2. The lowest BCUT2D eigenvalue weighted by Crippen LogP contribution is -2.46. The zero-order chi connectivity index (χ0) is 38.2. The third-order valence-electron chi connectivity index (χ3n) is 8.91. The van der Waals surface area contributed by atoms with Crippen LogP contribution in [0.15, 0.2) is 46.8 Å². The van der Waals surface area contributed by atoms with Crippen molar-refractivity contribution in [3.05, 3.63) is 74.4 Å². The molecule has 1 amide bonds. The van der Waals surface area contributed by atoms with Crippen molar-refractivity contribution < 1.29 is 31.1 Å². The molecule has 0 saturated carbocycles. The number of hydrogen-bond acceptors (Lipinski definition) is 12. The van der Waals surface area contributed by atoms with Crippen molar-refractivity contribution in [2.75, 3.05) is 44.4 Å². The number of piperidine rings is 1. The van der Waals surface area contributed by atoms with E-state index in [-0.39, 0.29) is 60.1 Å². The Morgan fingerprint density at radius 1 is 1.21 bits per heavy atom. The highest BCUT2D eigenvalue weighted by molar-refractivity contribution is 7.89. The van der Waals surface area contributed by atoms with Crippen molar-refractivity contribution in [1.82, 2.24) is 29.1 Å². The van der Waals surface area contributed by atoms with Crippen LogP contribution in [0.25, 0.3) is 32.2 Å². The number of nitrogens with zero attached hydrogens (tertiary/aromatic N) is 7. The Morgan fingerprint density at radius 3 is 2.62 bits per heavy atom. The molecule has 1 aliphatic heterocycles. The number of benzene rings is 1. The number of anilines is 1. The van der Waals surface area contributed by atoms with Gasteiger partial charge in [-0.2, -0.15) is 18.4 Å². The fourth-order valence-corrected chi connectivity index (χ4v) is 8.10. The van der Waals surface area contributed by atoms with Crippen molar-refractivity contribution >= 4 is 65.8 Å². The Balaban J connectivity index is 1.25. The van der Waals surface area contributed by atoms with Gasteiger partial charge < -0.3 is 9.64 Å². The number of rotatable bonds is 10. The standard InChI is InChI=1S/C34H32ClF3N8O5S2/c1-19-42-26-16-41-31(44(2)21-7-10-45(11-8-21)18-34(36,37)38)24(15-39)28(26)33(48)46(19)12-13-51-27-5-4-20(35)14-23(27)22-6-9-40-29-25(17-52-30(22)29)32(47)43-53(3,49)50/h4-6,9,14,16-17,21H,7-8,10-13,18H2,1-3H3,(H,43,47). The molecule has 278 valence electrons. The summed E-state index contributed by atoms with van der Waals surface area (Å²) in [5.41, 5.74) is 1.37. The molecule has 0 radical (unpaired) electrons. The van der Waals surface area contributed by atoms with Crippen molar-refractivity contribution in [2.45, 2.75) is 38.5 Å². The van der Waals surface area contributed by atoms with E-state index >= 15 is 0 Å². The minimum atomic E-state index is -4.29. The molecule has 0 aliphatic carbocycles. The lowest BCUT2D eigenvalue weighted by atomic mass is 10.0. The van der Waals surface area contributed by atoms with Gasteiger partial charge in [-0.3, -0.25) is 24.0 Å². The summed E-state index contributed by atoms with van der Waals surface area (Å²) in [4.78, 5) is 43.1. The maximum atomic E-state index is 14.0. The molecular formula is C34H32ClF3N8O5S2. The SMILES string of the molecule is Cc1nc2cnc(N(C)C3CCN(CC(F)(F)F)CC3)c(C#N)c2c(=O)n1CCOc1ccc(Cl)cc1-c1ccnc2c(C(=O)NS(C)(=O)=O)csc12. The number of thiophene rings is 1. The molecule has 1 N–H and O–H groups in total. The summed E-state index contributed by atoms with van der Waals surface area (Å²) in [5.74, 6) is 0.208. The summed E-state index contributed by atoms with van der Waals surface area (Å²) in [6.45, 7) is 1.18. The maximum absolute atomic E-state index is 14.0. The van der Waals surface area contributed by atoms with Gasteiger partial charge in [0.2, 0.25) is 10.0 Å². The number of halogens is 4. The van der Waals surface area contributed by atoms with E-state index in [1.807, 2.05) is 4.72 Å². The van der Waals surface area contributed by atoms with Crippen molar-refractivity contribution in [1.29, 1.82) is 5.26 Å². The number of aryl methyl sites for hydroxylation is 1. The molecule has 53 heavy (non-hydrogen) atoms. The number of hydrogen-bond donors (Lipinski definition) is 1. The lowest BCUT2D eigenvalue weighted by Gasteiger charge is -2.37. The van der Waals surface area contributed by atoms with Gasteiger partial charge in [-0.05, 0) is 44.0 Å². The number of carbonyl (C=O) groups is 1. The molecule has 1 saturated heterocycles. The van der Waals surface area contributed by atoms with Gasteiger partial charge >= 0.3 is 6.18 Å². The van der Waals surface area contributed by atoms with E-state index in [9.17, 15) is 36.4 Å². The van der Waals surface area contributed by atoms with E-state index in [0.717, 1.165) is 6.26 Å². The Kier molecular flexibility index (Phi) is 10.7. The first-order valence-electron chi connectivity index (χ1n) is 16.2. The minimum Gasteiger partial charge on any atom is -0.491 e. The van der Waals surface area contributed by atoms with Crippen LogP contribution in [0.3, 0.4) is 0 Å². The summed E-state index contributed by atoms with van der Waals surface area (Å²) in [6, 6.07) is 8.63. The van der Waals surface area contributed by atoms with Gasteiger partial charge in [0.1, 0.15) is 35.6 Å². The summed E-state index contributed by atoms with van der Waals surface area (Å²) < 4.78 is 72.2. The fourth-order valence-electron chi connectivity index (χ4n) is 6.45. The monoisotopic (exact) mass is 788 g/mol. The second-order valence-electron chi connectivity index (χ2n) is 12.6. The maximum Gasteiger partial charge on any atom is 0.401 e. The summed E-state index contributed by atoms with van der Waals surface area (Å²) >= 11 is 7.58. The Bertz CT molecular complexity index is 2440. The number of amides is 1. The molecule has 5 aromatic rings. The molecule has 0 unspecified atom stereocenters. The van der Waals surface area contributed by atoms with Crippen molar-refractivity contribution in [3.63, 3.8) is 0 Å². The second kappa shape index (κ2) is 14.9. The molecule has 0 atom stereocenters. The van der Waals surface area contributed by atoms with Crippen LogP contribution in [0, 0.1) is 18.3 Å². The first kappa shape index (κ1) is 37.9. The zero-order valence-electron chi connectivity index (χ0n) is 28.6. The number of alkyl halides is 3. The fraction of sp³-hybridized carbons (Fsp3) is 0.353. The van der Waals surface area contributed by atoms with Crippen LogP contribution < -0.4 is 19.9 Å². The predicted octanol–water partition coefficient (Wildman–Crippen LogP) is 5.13. The van der Waals surface area contributed by atoms with E-state index in [1.54, 1.807) is 43.1 Å². The smallest absolute Gasteiger partial charge is 0.401 e. The molecule has 13 nitrogen and oxygen atoms in total. The number of fused-ring (bicyclic) bond motifs is 2. The Hall–Kier alpha value is -4.83. The van der Waals surface area contributed by atoms with Gasteiger partial charge in [-0.25, -0.2) is 23.1 Å². The predicted molar refractivity (Wildman–Crippen MR) is 195 cm³/mol. The molecule has 0 spiro atoms. The van der Waals surface area contributed by atoms with E-state index < -0.39 is 34.2 Å². The first-order chi connectivity index (χ1) is 25.0. The van der Waals surface area contributed by atoms with E-state index in [0.29, 0.717) is 50.8 Å². The Labute approximate surface area is 310 Å². The van der Waals surface area contributed by atoms with Crippen LogP contribution in [-0.2, 0) is 16.6 Å². The number of likely N-dealkylation sites (tertiary alicyclic amines) is 1. The van der Waals surface area contributed by atoms with Crippen LogP contribution >= 0.6 is 22.9 Å². The summed E-state index contributed by atoms with van der Waals surface area (Å²) in [7, 11) is -2.09. The number of carbonyl (C=O) groups excluding carboxylic acids is 1. The number of aromatic nitrogens is 4. The van der Waals surface area contributed by atoms with Crippen LogP contribution in [0.5, 0.6) is 5.75 Å². The topological polar surface area (TPSA) is 163 Å². The van der Waals surface area contributed by atoms with E-state index in [4.69, 9.17) is 16.3 Å². The number of sulfonamides is 1. The highest BCUT2D eigenvalue weighted by Gasteiger charge is 2.34. The van der Waals surface area contributed by atoms with E-state index in [2.05, 4.69) is 21.0 Å². The van der Waals surface area contributed by atoms with Crippen LogP contribution in [0.4, 0.5) is 19.0 Å². The Morgan fingerprint density at radius 2 is 1.94 bits per heavy atom. The average molecular weight is 789 g/mol. The molecule has 5 heterocycles. The van der Waals surface area contributed by atoms with Gasteiger partial charge in [0.05, 0.1) is 52.2 Å². The lowest BCUT2D eigenvalue weighted by molar-refractivity contribution is -0.147. The highest BCUT2D eigenvalue weighted by atomic mass is 35.5. The third kappa shape index (κ3) is 8.23. The molecular weight excluding hydrogens is 757 g/mol. The van der Waals surface area contributed by atoms with Gasteiger partial charge in [0.25, 0.3) is 11.5 Å². The normalized spacial score (nSPS) is 14.4. The molecule has 4 aromatic heterocycles. The molecule has 19 heteroatoms. The van der Waals surface area contributed by atoms with Crippen LogP contribution in [0.2, 0.25) is 5.02 Å². The van der Waals surface area contributed by atoms with Gasteiger partial charge in [0, 0.05) is 53.9 Å². The molecule has 1 aliphatic rings. The highest BCUT2D eigenvalue weighted by Crippen LogP contribution is 2.39. The van der Waals surface area contributed by atoms with E-state index in [1.165, 1.54) is 38.6 Å². The number of ether oxygens (including phenoxy) is 1. The average Bonchev–Trinajstić information content (AvgIpc) is 3.53. The molecule has 1 fully saturated rings. The molecule has 6 rings (SSSR count). The minimum absolute atomic E-state index is 0.000518. The summed E-state index contributed by atoms with van der Waals surface area (Å²) in [6.07, 6.45) is 0.356. The summed E-state index contributed by atoms with van der Waals surface area (Å²) in [5, 5.41) is 12.2. The van der Waals surface area contributed by atoms with Gasteiger partial charge in [-0.1, -0.05) is 11.6 Å². The second-order valence-corrected chi connectivity index (χ2v) is 15.6. The largest absolute Gasteiger partial charge is 0.491 e. The zero-order valence-corrected chi connectivity index (χ0v) is 31.0. The number of nitriles is 1.